The summed E-state index contributed by atoms with van der Waals surface area (Å²) in [4.78, 5) is 39.3. The van der Waals surface area contributed by atoms with Crippen molar-refractivity contribution in [1.82, 2.24) is 10.2 Å². The lowest BCUT2D eigenvalue weighted by Gasteiger charge is -2.35. The Morgan fingerprint density at radius 3 is 2.32 bits per heavy atom. The van der Waals surface area contributed by atoms with Crippen molar-refractivity contribution in [3.05, 3.63) is 59.7 Å². The highest BCUT2D eigenvalue weighted by atomic mass is 16.5. The van der Waals surface area contributed by atoms with Crippen LogP contribution in [0.4, 0.5) is 4.79 Å². The molecule has 3 atom stereocenters. The molecule has 1 unspecified atom stereocenters. The van der Waals surface area contributed by atoms with Gasteiger partial charge in [-0.25, -0.2) is 9.59 Å². The molecule has 2 saturated heterocycles. The molecule has 8 nitrogen and oxygen atoms in total. The predicted molar refractivity (Wildman–Crippen MR) is 123 cm³/mol. The molecule has 1 aliphatic carbocycles. The SMILES string of the molecule is CC(C)(NC(=O)OCC1c2ccccc2-c2ccccc21)C(=O)N1C(C(=O)O)C[C@H]2OCC[C@H]21. The van der Waals surface area contributed by atoms with Gasteiger partial charge in [0.1, 0.15) is 18.2 Å². The first-order valence-corrected chi connectivity index (χ1v) is 11.6. The minimum Gasteiger partial charge on any atom is -0.480 e. The van der Waals surface area contributed by atoms with E-state index < -0.39 is 29.6 Å². The van der Waals surface area contributed by atoms with Crippen LogP contribution < -0.4 is 5.32 Å². The highest BCUT2D eigenvalue weighted by Crippen LogP contribution is 2.44. The van der Waals surface area contributed by atoms with Crippen LogP contribution >= 0.6 is 0 Å². The third-order valence-corrected chi connectivity index (χ3v) is 7.14. The van der Waals surface area contributed by atoms with E-state index in [-0.39, 0.29) is 31.1 Å². The van der Waals surface area contributed by atoms with Crippen LogP contribution in [0.3, 0.4) is 0 Å². The predicted octanol–water partition coefficient (Wildman–Crippen LogP) is 3.15. The number of aliphatic carboxylic acids is 1. The van der Waals surface area contributed by atoms with E-state index in [0.717, 1.165) is 22.3 Å². The third kappa shape index (κ3) is 3.72. The van der Waals surface area contributed by atoms with Crippen LogP contribution in [-0.2, 0) is 19.1 Å². The lowest BCUT2D eigenvalue weighted by atomic mass is 9.98. The fourth-order valence-electron chi connectivity index (χ4n) is 5.52. The molecule has 3 aliphatic rings. The number of likely N-dealkylation sites (tertiary alicyclic amines) is 1. The van der Waals surface area contributed by atoms with E-state index in [4.69, 9.17) is 9.47 Å². The number of rotatable bonds is 5. The summed E-state index contributed by atoms with van der Waals surface area (Å²) >= 11 is 0. The van der Waals surface area contributed by atoms with Crippen molar-refractivity contribution < 1.29 is 29.0 Å². The first kappa shape index (κ1) is 22.4. The number of ether oxygens (including phenoxy) is 2. The van der Waals surface area contributed by atoms with E-state index in [2.05, 4.69) is 17.4 Å². The highest BCUT2D eigenvalue weighted by Gasteiger charge is 2.52. The molecule has 2 fully saturated rings. The van der Waals surface area contributed by atoms with E-state index in [1.54, 1.807) is 13.8 Å². The zero-order chi connectivity index (χ0) is 24.0. The first-order chi connectivity index (χ1) is 16.3. The molecule has 2 aromatic rings. The van der Waals surface area contributed by atoms with Gasteiger partial charge in [0.2, 0.25) is 5.91 Å². The lowest BCUT2D eigenvalue weighted by molar-refractivity contribution is -0.152. The van der Waals surface area contributed by atoms with Gasteiger partial charge in [0, 0.05) is 18.9 Å². The van der Waals surface area contributed by atoms with Crippen LogP contribution in [0.2, 0.25) is 0 Å². The van der Waals surface area contributed by atoms with Gasteiger partial charge in [-0.15, -0.1) is 0 Å². The van der Waals surface area contributed by atoms with Crippen LogP contribution in [0.25, 0.3) is 11.1 Å². The standard InChI is InChI=1S/C26H28N2O6/c1-26(2,24(31)28-20-11-12-33-22(20)13-21(28)23(29)30)27-25(32)34-14-19-17-9-5-3-7-15(17)16-8-4-6-10-18(16)19/h3-10,19-22H,11-14H2,1-2H3,(H,27,32)(H,29,30)/t20-,21?,22-/m1/s1. The summed E-state index contributed by atoms with van der Waals surface area (Å²) in [7, 11) is 0. The molecule has 178 valence electrons. The van der Waals surface area contributed by atoms with Crippen molar-refractivity contribution in [3.63, 3.8) is 0 Å². The fourth-order valence-corrected chi connectivity index (χ4v) is 5.52. The van der Waals surface area contributed by atoms with E-state index in [0.29, 0.717) is 13.0 Å². The summed E-state index contributed by atoms with van der Waals surface area (Å²) in [6.45, 7) is 3.76. The minimum atomic E-state index is -1.34. The molecular formula is C26H28N2O6. The highest BCUT2D eigenvalue weighted by molar-refractivity contribution is 5.93. The molecule has 2 N–H and O–H groups in total. The topological polar surface area (TPSA) is 105 Å². The average Bonchev–Trinajstić information content (AvgIpc) is 3.48. The van der Waals surface area contributed by atoms with Crippen LogP contribution in [0, 0.1) is 0 Å². The number of fused-ring (bicyclic) bond motifs is 4. The van der Waals surface area contributed by atoms with Crippen LogP contribution in [-0.4, -0.2) is 64.9 Å². The normalized spacial score (nSPS) is 23.2. The Morgan fingerprint density at radius 2 is 1.71 bits per heavy atom. The molecule has 0 spiro atoms. The lowest BCUT2D eigenvalue weighted by Crippen LogP contribution is -2.60. The summed E-state index contributed by atoms with van der Waals surface area (Å²) in [6, 6.07) is 14.8. The van der Waals surface area contributed by atoms with Gasteiger partial charge in [0.15, 0.2) is 0 Å². The summed E-state index contributed by atoms with van der Waals surface area (Å²) in [5.41, 5.74) is 3.11. The molecule has 0 saturated carbocycles. The Labute approximate surface area is 197 Å². The molecule has 8 heteroatoms. The van der Waals surface area contributed by atoms with E-state index in [1.807, 2.05) is 36.4 Å². The second-order valence-electron chi connectivity index (χ2n) is 9.64. The van der Waals surface area contributed by atoms with E-state index in [1.165, 1.54) is 4.90 Å². The molecule has 0 bridgehead atoms. The molecular weight excluding hydrogens is 436 g/mol. The maximum Gasteiger partial charge on any atom is 0.408 e. The number of carbonyl (C=O) groups is 3. The van der Waals surface area contributed by atoms with E-state index in [9.17, 15) is 19.5 Å². The molecule has 2 heterocycles. The quantitative estimate of drug-likeness (QED) is 0.704. The largest absolute Gasteiger partial charge is 0.480 e. The summed E-state index contributed by atoms with van der Waals surface area (Å²) in [5, 5.41) is 12.3. The second-order valence-corrected chi connectivity index (χ2v) is 9.64. The first-order valence-electron chi connectivity index (χ1n) is 11.6. The fraction of sp³-hybridized carbons (Fsp3) is 0.423. The van der Waals surface area contributed by atoms with Gasteiger partial charge in [0.25, 0.3) is 0 Å². The van der Waals surface area contributed by atoms with Gasteiger partial charge in [-0.3, -0.25) is 4.79 Å². The summed E-state index contributed by atoms with van der Waals surface area (Å²) in [6.07, 6.45) is -0.158. The number of carboxylic acid groups (broad SMARTS) is 1. The maximum atomic E-state index is 13.4. The smallest absolute Gasteiger partial charge is 0.408 e. The van der Waals surface area contributed by atoms with Gasteiger partial charge in [0.05, 0.1) is 12.1 Å². The Morgan fingerprint density at radius 1 is 1.09 bits per heavy atom. The van der Waals surface area contributed by atoms with Crippen molar-refractivity contribution in [2.24, 2.45) is 0 Å². The van der Waals surface area contributed by atoms with Crippen molar-refractivity contribution in [2.75, 3.05) is 13.2 Å². The number of hydrogen-bond acceptors (Lipinski definition) is 5. The number of carboxylic acids is 1. The number of benzene rings is 2. The number of carbonyl (C=O) groups excluding carboxylic acids is 2. The van der Waals surface area contributed by atoms with Crippen molar-refractivity contribution in [3.8, 4) is 11.1 Å². The Bertz CT molecular complexity index is 1100. The molecule has 34 heavy (non-hydrogen) atoms. The zero-order valence-electron chi connectivity index (χ0n) is 19.2. The average molecular weight is 465 g/mol. The Hall–Kier alpha value is -3.39. The zero-order valence-corrected chi connectivity index (χ0v) is 19.2. The van der Waals surface area contributed by atoms with Gasteiger partial charge in [-0.2, -0.15) is 0 Å². The monoisotopic (exact) mass is 464 g/mol. The van der Waals surface area contributed by atoms with Crippen LogP contribution in [0.15, 0.2) is 48.5 Å². The molecule has 0 aromatic heterocycles. The van der Waals surface area contributed by atoms with Gasteiger partial charge in [-0.05, 0) is 42.5 Å². The summed E-state index contributed by atoms with van der Waals surface area (Å²) in [5.74, 6) is -1.61. The van der Waals surface area contributed by atoms with E-state index >= 15 is 0 Å². The number of hydrogen-bond donors (Lipinski definition) is 2. The molecule has 2 aliphatic heterocycles. The van der Waals surface area contributed by atoms with Crippen LogP contribution in [0.1, 0.15) is 43.7 Å². The molecule has 0 radical (unpaired) electrons. The minimum absolute atomic E-state index is 0.0941. The summed E-state index contributed by atoms with van der Waals surface area (Å²) < 4.78 is 11.2. The molecule has 2 aromatic carbocycles. The number of alkyl carbamates (subject to hydrolysis) is 1. The third-order valence-electron chi connectivity index (χ3n) is 7.14. The van der Waals surface area contributed by atoms with Gasteiger partial charge in [-0.1, -0.05) is 48.5 Å². The van der Waals surface area contributed by atoms with Gasteiger partial charge < -0.3 is 24.8 Å². The van der Waals surface area contributed by atoms with Crippen molar-refractivity contribution in [1.29, 1.82) is 0 Å². The molecule has 5 rings (SSSR count). The van der Waals surface area contributed by atoms with Gasteiger partial charge >= 0.3 is 12.1 Å². The Kier molecular flexibility index (Phi) is 5.56. The van der Waals surface area contributed by atoms with Crippen molar-refractivity contribution in [2.45, 2.75) is 56.3 Å². The second kappa shape index (κ2) is 8.43. The van der Waals surface area contributed by atoms with Crippen molar-refractivity contribution >= 4 is 18.0 Å². The maximum absolute atomic E-state index is 13.4. The van der Waals surface area contributed by atoms with Crippen LogP contribution in [0.5, 0.6) is 0 Å². The number of nitrogens with zero attached hydrogens (tertiary/aromatic N) is 1. The number of nitrogens with one attached hydrogen (secondary N) is 1. The molecule has 2 amide bonds. The number of amides is 2. The Balaban J connectivity index is 1.27.